The van der Waals surface area contributed by atoms with E-state index < -0.39 is 36.7 Å². The van der Waals surface area contributed by atoms with Gasteiger partial charge in [0.15, 0.2) is 6.23 Å². The maximum atomic E-state index is 12.8. The number of rotatable bonds is 4. The van der Waals surface area contributed by atoms with Crippen LogP contribution < -0.4 is 10.3 Å². The Kier molecular flexibility index (Phi) is 4.78. The Hall–Kier alpha value is -2.39. The zero-order valence-corrected chi connectivity index (χ0v) is 13.4. The first-order valence-corrected chi connectivity index (χ1v) is 7.69. The van der Waals surface area contributed by atoms with Crippen LogP contribution in [0.3, 0.4) is 0 Å². The molecule has 2 heterocycles. The van der Waals surface area contributed by atoms with Crippen molar-refractivity contribution in [3.05, 3.63) is 46.9 Å². The van der Waals surface area contributed by atoms with Crippen LogP contribution in [0, 0.1) is 0 Å². The molecule has 0 aliphatic carbocycles. The molecule has 0 radical (unpaired) electrons. The van der Waals surface area contributed by atoms with E-state index >= 15 is 0 Å². The molecule has 8 heteroatoms. The smallest absolute Gasteiger partial charge is 0.264 e. The predicted octanol–water partition coefficient (Wildman–Crippen LogP) is -0.159. The summed E-state index contributed by atoms with van der Waals surface area (Å²) in [5, 5.41) is 39.3. The van der Waals surface area contributed by atoms with Gasteiger partial charge in [-0.25, -0.2) is 0 Å². The van der Waals surface area contributed by atoms with Crippen LogP contribution >= 0.6 is 0 Å². The second-order valence-corrected chi connectivity index (χ2v) is 5.75. The van der Waals surface area contributed by atoms with Crippen molar-refractivity contribution in [2.45, 2.75) is 24.5 Å². The van der Waals surface area contributed by atoms with E-state index in [2.05, 4.69) is 0 Å². The molecule has 1 aromatic carbocycles. The fourth-order valence-electron chi connectivity index (χ4n) is 2.88. The number of aliphatic hydroxyl groups is 3. The average molecular weight is 349 g/mol. The number of ether oxygens (including phenoxy) is 2. The lowest BCUT2D eigenvalue weighted by Gasteiger charge is -2.19. The number of aliphatic hydroxyl groups excluding tert-OH is 3. The van der Waals surface area contributed by atoms with Crippen molar-refractivity contribution < 1.29 is 29.9 Å². The van der Waals surface area contributed by atoms with Crippen molar-refractivity contribution in [2.75, 3.05) is 13.7 Å². The molecule has 4 unspecified atom stereocenters. The highest BCUT2D eigenvalue weighted by molar-refractivity contribution is 5.69. The molecule has 1 saturated heterocycles. The van der Waals surface area contributed by atoms with Crippen molar-refractivity contribution >= 4 is 0 Å². The minimum absolute atomic E-state index is 0.0305. The van der Waals surface area contributed by atoms with Crippen molar-refractivity contribution in [3.8, 4) is 22.6 Å². The van der Waals surface area contributed by atoms with Crippen molar-refractivity contribution in [1.29, 1.82) is 0 Å². The number of pyridine rings is 1. The molecular formula is C17H19NO7. The summed E-state index contributed by atoms with van der Waals surface area (Å²) >= 11 is 0. The highest BCUT2D eigenvalue weighted by Gasteiger charge is 2.43. The van der Waals surface area contributed by atoms with Gasteiger partial charge < -0.3 is 29.9 Å². The first-order chi connectivity index (χ1) is 12.0. The number of methoxy groups -OCH3 is 1. The number of aromatic hydroxyl groups is 1. The summed E-state index contributed by atoms with van der Waals surface area (Å²) < 4.78 is 11.5. The van der Waals surface area contributed by atoms with E-state index in [0.29, 0.717) is 11.3 Å². The Bertz CT molecular complexity index is 802. The SMILES string of the molecule is COc1ccc(-c2c(O)ccn(C3OC(CO)C(O)C3O)c2=O)cc1. The molecule has 8 nitrogen and oxygen atoms in total. The monoisotopic (exact) mass is 349 g/mol. The van der Waals surface area contributed by atoms with E-state index in [1.165, 1.54) is 19.4 Å². The van der Waals surface area contributed by atoms with E-state index in [1.807, 2.05) is 0 Å². The quantitative estimate of drug-likeness (QED) is 0.605. The van der Waals surface area contributed by atoms with Gasteiger partial charge in [0.1, 0.15) is 29.8 Å². The number of nitrogens with zero attached hydrogens (tertiary/aromatic N) is 1. The van der Waals surface area contributed by atoms with Gasteiger partial charge in [-0.2, -0.15) is 0 Å². The molecule has 0 amide bonds. The van der Waals surface area contributed by atoms with Gasteiger partial charge in [0.25, 0.3) is 5.56 Å². The molecule has 2 aromatic rings. The molecule has 25 heavy (non-hydrogen) atoms. The molecule has 1 fully saturated rings. The van der Waals surface area contributed by atoms with Gasteiger partial charge in [-0.1, -0.05) is 12.1 Å². The molecule has 1 aliphatic heterocycles. The molecule has 3 rings (SSSR count). The minimum atomic E-state index is -1.39. The van der Waals surface area contributed by atoms with Crippen LogP contribution in [0.25, 0.3) is 11.1 Å². The van der Waals surface area contributed by atoms with E-state index in [-0.39, 0.29) is 11.3 Å². The molecule has 0 bridgehead atoms. The van der Waals surface area contributed by atoms with E-state index in [4.69, 9.17) is 9.47 Å². The number of hydrogen-bond acceptors (Lipinski definition) is 7. The van der Waals surface area contributed by atoms with Crippen LogP contribution in [0.15, 0.2) is 41.3 Å². The van der Waals surface area contributed by atoms with Crippen LogP contribution in [-0.4, -0.2) is 57.0 Å². The van der Waals surface area contributed by atoms with E-state index in [1.54, 1.807) is 24.3 Å². The van der Waals surface area contributed by atoms with Crippen molar-refractivity contribution in [1.82, 2.24) is 4.57 Å². The second-order valence-electron chi connectivity index (χ2n) is 5.75. The summed E-state index contributed by atoms with van der Waals surface area (Å²) in [4.78, 5) is 12.8. The molecule has 1 aromatic heterocycles. The Labute approximate surface area is 143 Å². The topological polar surface area (TPSA) is 121 Å². The van der Waals surface area contributed by atoms with Crippen LogP contribution in [0.4, 0.5) is 0 Å². The van der Waals surface area contributed by atoms with Gasteiger partial charge in [0.05, 0.1) is 19.3 Å². The number of hydrogen-bond donors (Lipinski definition) is 4. The second kappa shape index (κ2) is 6.85. The normalized spacial score (nSPS) is 25.9. The predicted molar refractivity (Wildman–Crippen MR) is 87.4 cm³/mol. The first kappa shape index (κ1) is 17.4. The molecule has 0 spiro atoms. The summed E-state index contributed by atoms with van der Waals surface area (Å²) in [6.45, 7) is -0.493. The third-order valence-corrected chi connectivity index (χ3v) is 4.27. The lowest BCUT2D eigenvalue weighted by molar-refractivity contribution is -0.0543. The van der Waals surface area contributed by atoms with E-state index in [0.717, 1.165) is 4.57 Å². The Balaban J connectivity index is 2.05. The molecule has 4 atom stereocenters. The lowest BCUT2D eigenvalue weighted by Crippen LogP contribution is -2.35. The van der Waals surface area contributed by atoms with Gasteiger partial charge in [0, 0.05) is 6.20 Å². The lowest BCUT2D eigenvalue weighted by atomic mass is 10.1. The number of aromatic nitrogens is 1. The minimum Gasteiger partial charge on any atom is -0.507 e. The molecule has 1 aliphatic rings. The van der Waals surface area contributed by atoms with Crippen molar-refractivity contribution in [2.24, 2.45) is 0 Å². The summed E-state index contributed by atoms with van der Waals surface area (Å²) in [5.41, 5.74) is -0.104. The molecular weight excluding hydrogens is 330 g/mol. The summed E-state index contributed by atoms with van der Waals surface area (Å²) in [7, 11) is 1.52. The van der Waals surface area contributed by atoms with Gasteiger partial charge in [-0.05, 0) is 23.8 Å². The van der Waals surface area contributed by atoms with E-state index in [9.17, 15) is 25.2 Å². The van der Waals surface area contributed by atoms with Gasteiger partial charge >= 0.3 is 0 Å². The Morgan fingerprint density at radius 1 is 1.16 bits per heavy atom. The molecule has 4 N–H and O–H groups in total. The maximum absolute atomic E-state index is 12.8. The van der Waals surface area contributed by atoms with Gasteiger partial charge in [-0.15, -0.1) is 0 Å². The zero-order chi connectivity index (χ0) is 18.1. The fourth-order valence-corrected chi connectivity index (χ4v) is 2.88. The maximum Gasteiger partial charge on any atom is 0.264 e. The Morgan fingerprint density at radius 3 is 2.40 bits per heavy atom. The third kappa shape index (κ3) is 3.00. The number of benzene rings is 1. The van der Waals surface area contributed by atoms with Crippen LogP contribution in [-0.2, 0) is 4.74 Å². The largest absolute Gasteiger partial charge is 0.507 e. The molecule has 0 saturated carbocycles. The fraction of sp³-hybridized carbons (Fsp3) is 0.353. The summed E-state index contributed by atoms with van der Waals surface area (Å²) in [6, 6.07) is 7.85. The summed E-state index contributed by atoms with van der Waals surface area (Å²) in [5.74, 6) is 0.376. The Morgan fingerprint density at radius 2 is 1.84 bits per heavy atom. The van der Waals surface area contributed by atoms with Crippen molar-refractivity contribution in [3.63, 3.8) is 0 Å². The first-order valence-electron chi connectivity index (χ1n) is 7.69. The average Bonchev–Trinajstić information content (AvgIpc) is 2.90. The van der Waals surface area contributed by atoms with Gasteiger partial charge in [0.2, 0.25) is 0 Å². The molecule has 134 valence electrons. The third-order valence-electron chi connectivity index (χ3n) is 4.27. The van der Waals surface area contributed by atoms with Crippen LogP contribution in [0.5, 0.6) is 11.5 Å². The van der Waals surface area contributed by atoms with Crippen LogP contribution in [0.2, 0.25) is 0 Å². The zero-order valence-electron chi connectivity index (χ0n) is 13.4. The highest BCUT2D eigenvalue weighted by atomic mass is 16.6. The van der Waals surface area contributed by atoms with Crippen LogP contribution in [0.1, 0.15) is 6.23 Å². The highest BCUT2D eigenvalue weighted by Crippen LogP contribution is 2.31. The standard InChI is InChI=1S/C17H19NO7/c1-24-10-4-2-9(3-5-10)13-11(20)6-7-18(16(13)23)17-15(22)14(21)12(8-19)25-17/h2-7,12,14-15,17,19-22H,8H2,1H3. The van der Waals surface area contributed by atoms with Gasteiger partial charge in [-0.3, -0.25) is 9.36 Å². The summed E-state index contributed by atoms with van der Waals surface area (Å²) in [6.07, 6.45) is -3.60.